The Morgan fingerprint density at radius 2 is 1.86 bits per heavy atom. The summed E-state index contributed by atoms with van der Waals surface area (Å²) in [5, 5.41) is 29.3. The molecule has 232 valence electrons. The molecule has 4 N–H and O–H groups in total. The number of nitrogens with one attached hydrogen (secondary N) is 2. The number of aromatic nitrogens is 4. The van der Waals surface area contributed by atoms with Crippen molar-refractivity contribution in [1.29, 1.82) is 0 Å². The summed E-state index contributed by atoms with van der Waals surface area (Å²) >= 11 is 1.55. The predicted octanol–water partition coefficient (Wildman–Crippen LogP) is 3.75. The lowest BCUT2D eigenvalue weighted by Crippen LogP contribution is -2.48. The van der Waals surface area contributed by atoms with Gasteiger partial charge in [0.1, 0.15) is 22.4 Å². The van der Waals surface area contributed by atoms with Gasteiger partial charge in [-0.05, 0) is 37.8 Å². The van der Waals surface area contributed by atoms with Crippen LogP contribution in [0.5, 0.6) is 0 Å². The summed E-state index contributed by atoms with van der Waals surface area (Å²) in [6.07, 6.45) is 2.05. The standard InChI is InChI=1S/C31H35N7O4S.ClH/c1-17-23(29-36-26-22(43-29)9-10-32-24(26)19-7-8-19)28(37-31(34-17)33-16-18-5-3-2-4-6-18)35-25-20(15-21(39)27(25)40)30(41)38-11-13-42-14-12-38;/h2-6,9-10,19-21,25,27,39-40H,7-8,11-16H2,1H3,(H2,33,34,35,37);1H/t20-,21-,25-,27-;/m1./s1. The second kappa shape index (κ2) is 12.9. The molecule has 4 heterocycles. The number of benzene rings is 1. The van der Waals surface area contributed by atoms with E-state index >= 15 is 0 Å². The van der Waals surface area contributed by atoms with Crippen LogP contribution in [0.3, 0.4) is 0 Å². The summed E-state index contributed by atoms with van der Waals surface area (Å²) in [5.74, 6) is 0.582. The highest BCUT2D eigenvalue weighted by Crippen LogP contribution is 2.44. The lowest BCUT2D eigenvalue weighted by atomic mass is 10.00. The Kier molecular flexibility index (Phi) is 8.97. The van der Waals surface area contributed by atoms with Crippen LogP contribution in [0.4, 0.5) is 11.8 Å². The Bertz CT molecular complexity index is 1630. The third-order valence-corrected chi connectivity index (χ3v) is 9.57. The minimum absolute atomic E-state index is 0. The topological polar surface area (TPSA) is 146 Å². The van der Waals surface area contributed by atoms with Crippen LogP contribution in [0.25, 0.3) is 20.8 Å². The number of aryl methyl sites for hydroxylation is 1. The molecule has 3 fully saturated rings. The molecule has 1 aliphatic heterocycles. The molecule has 3 aliphatic rings. The lowest BCUT2D eigenvalue weighted by Gasteiger charge is -2.32. The van der Waals surface area contributed by atoms with Gasteiger partial charge in [-0.3, -0.25) is 9.78 Å². The SMILES string of the molecule is Cc1nc(NCc2ccccc2)nc(N[C@H]2[C@H](O)[C@H](O)C[C@H]2C(=O)N2CCOCC2)c1-c1nc2c(C3CC3)nccc2s1.Cl. The highest BCUT2D eigenvalue weighted by Gasteiger charge is 2.47. The van der Waals surface area contributed by atoms with E-state index in [0.717, 1.165) is 39.3 Å². The molecule has 2 saturated carbocycles. The molecule has 0 bridgehead atoms. The normalized spacial score (nSPS) is 23.4. The van der Waals surface area contributed by atoms with Crippen LogP contribution >= 0.6 is 23.7 Å². The summed E-state index contributed by atoms with van der Waals surface area (Å²) in [5.41, 5.74) is 4.42. The van der Waals surface area contributed by atoms with Crippen molar-refractivity contribution in [3.8, 4) is 10.6 Å². The lowest BCUT2D eigenvalue weighted by molar-refractivity contribution is -0.140. The molecule has 11 nitrogen and oxygen atoms in total. The first-order valence-electron chi connectivity index (χ1n) is 14.9. The van der Waals surface area contributed by atoms with Crippen molar-refractivity contribution < 1.29 is 19.7 Å². The third kappa shape index (κ3) is 6.09. The van der Waals surface area contributed by atoms with Crippen molar-refractivity contribution >= 4 is 51.6 Å². The monoisotopic (exact) mass is 637 g/mol. The number of fused-ring (bicyclic) bond motifs is 1. The van der Waals surface area contributed by atoms with Crippen molar-refractivity contribution in [2.45, 2.75) is 56.9 Å². The number of amides is 1. The zero-order valence-corrected chi connectivity index (χ0v) is 26.0. The smallest absolute Gasteiger partial charge is 0.228 e. The van der Waals surface area contributed by atoms with E-state index in [1.165, 1.54) is 0 Å². The summed E-state index contributed by atoms with van der Waals surface area (Å²) < 4.78 is 6.47. The van der Waals surface area contributed by atoms with Crippen LogP contribution in [0.2, 0.25) is 0 Å². The molecule has 13 heteroatoms. The molecule has 4 atom stereocenters. The Morgan fingerprint density at radius 1 is 1.09 bits per heavy atom. The van der Waals surface area contributed by atoms with Crippen molar-refractivity contribution in [1.82, 2.24) is 24.8 Å². The zero-order chi connectivity index (χ0) is 29.5. The number of ether oxygens (including phenoxy) is 1. The molecule has 1 aromatic carbocycles. The van der Waals surface area contributed by atoms with Crippen molar-refractivity contribution in [3.63, 3.8) is 0 Å². The molecule has 1 amide bonds. The number of pyridine rings is 1. The van der Waals surface area contributed by atoms with E-state index in [0.29, 0.717) is 61.8 Å². The number of carbonyl (C=O) groups is 1. The van der Waals surface area contributed by atoms with E-state index in [1.54, 1.807) is 16.2 Å². The quantitative estimate of drug-likeness (QED) is 0.225. The highest BCUT2D eigenvalue weighted by molar-refractivity contribution is 7.21. The maximum absolute atomic E-state index is 13.6. The molecule has 0 radical (unpaired) electrons. The molecular weight excluding hydrogens is 602 g/mol. The van der Waals surface area contributed by atoms with Crippen LogP contribution in [0, 0.1) is 12.8 Å². The van der Waals surface area contributed by atoms with Gasteiger partial charge in [0, 0.05) is 31.7 Å². The minimum atomic E-state index is -1.15. The molecular formula is C31H36ClN7O4S. The minimum Gasteiger partial charge on any atom is -0.390 e. The molecule has 7 rings (SSSR count). The van der Waals surface area contributed by atoms with Gasteiger partial charge in [0.15, 0.2) is 0 Å². The van der Waals surface area contributed by atoms with Crippen LogP contribution in [-0.2, 0) is 16.1 Å². The average Bonchev–Trinajstić information content (AvgIpc) is 3.73. The maximum Gasteiger partial charge on any atom is 0.228 e. The number of rotatable bonds is 8. The van der Waals surface area contributed by atoms with Crippen molar-refractivity contribution in [2.75, 3.05) is 36.9 Å². The van der Waals surface area contributed by atoms with Gasteiger partial charge in [0.25, 0.3) is 0 Å². The molecule has 3 aromatic heterocycles. The van der Waals surface area contributed by atoms with Gasteiger partial charge in [-0.25, -0.2) is 9.97 Å². The van der Waals surface area contributed by atoms with Crippen LogP contribution < -0.4 is 10.6 Å². The van der Waals surface area contributed by atoms with Gasteiger partial charge in [-0.1, -0.05) is 30.3 Å². The van der Waals surface area contributed by atoms with Gasteiger partial charge in [0.2, 0.25) is 11.9 Å². The fourth-order valence-corrected chi connectivity index (χ4v) is 7.13. The molecule has 44 heavy (non-hydrogen) atoms. The van der Waals surface area contributed by atoms with E-state index in [1.807, 2.05) is 49.5 Å². The van der Waals surface area contributed by atoms with E-state index in [4.69, 9.17) is 19.7 Å². The number of hydrogen-bond acceptors (Lipinski definition) is 11. The molecule has 4 aromatic rings. The van der Waals surface area contributed by atoms with Gasteiger partial charge in [-0.2, -0.15) is 4.98 Å². The number of aliphatic hydroxyl groups is 2. The second-order valence-electron chi connectivity index (χ2n) is 11.5. The van der Waals surface area contributed by atoms with Crippen molar-refractivity contribution in [2.24, 2.45) is 5.92 Å². The summed E-state index contributed by atoms with van der Waals surface area (Å²) in [7, 11) is 0. The van der Waals surface area contributed by atoms with Gasteiger partial charge >= 0.3 is 0 Å². The summed E-state index contributed by atoms with van der Waals surface area (Å²) in [4.78, 5) is 34.7. The Hall–Kier alpha value is -3.42. The number of morpholine rings is 1. The van der Waals surface area contributed by atoms with Gasteiger partial charge in [-0.15, -0.1) is 23.7 Å². The van der Waals surface area contributed by atoms with Gasteiger partial charge in [0.05, 0.1) is 52.9 Å². The molecule has 2 aliphatic carbocycles. The number of anilines is 2. The Balaban J connectivity index is 0.00000343. The number of nitrogens with zero attached hydrogens (tertiary/aromatic N) is 5. The molecule has 1 saturated heterocycles. The third-order valence-electron chi connectivity index (χ3n) is 8.53. The first-order chi connectivity index (χ1) is 21.0. The number of carbonyl (C=O) groups excluding carboxylic acids is 1. The van der Waals surface area contributed by atoms with Crippen LogP contribution in [0.15, 0.2) is 42.6 Å². The highest BCUT2D eigenvalue weighted by atomic mass is 35.5. The molecule has 0 spiro atoms. The summed E-state index contributed by atoms with van der Waals surface area (Å²) in [6.45, 7) is 4.37. The number of hydrogen-bond donors (Lipinski definition) is 4. The molecule has 0 unspecified atom stereocenters. The van der Waals surface area contributed by atoms with Crippen molar-refractivity contribution in [3.05, 3.63) is 59.5 Å². The fourth-order valence-electron chi connectivity index (χ4n) is 6.07. The first-order valence-corrected chi connectivity index (χ1v) is 15.7. The first kappa shape index (κ1) is 30.6. The van der Waals surface area contributed by atoms with Gasteiger partial charge < -0.3 is 30.5 Å². The zero-order valence-electron chi connectivity index (χ0n) is 24.3. The predicted molar refractivity (Wildman–Crippen MR) is 171 cm³/mol. The maximum atomic E-state index is 13.6. The Labute approximate surface area is 265 Å². The number of thiazole rings is 1. The second-order valence-corrected chi connectivity index (χ2v) is 12.6. The van der Waals surface area contributed by atoms with E-state index in [2.05, 4.69) is 15.6 Å². The van der Waals surface area contributed by atoms with E-state index in [-0.39, 0.29) is 24.7 Å². The summed E-state index contributed by atoms with van der Waals surface area (Å²) in [6, 6.07) is 11.2. The average molecular weight is 638 g/mol. The fraction of sp³-hybridized carbons (Fsp3) is 0.452. The van der Waals surface area contributed by atoms with Crippen LogP contribution in [0.1, 0.15) is 42.1 Å². The Morgan fingerprint density at radius 3 is 2.61 bits per heavy atom. The largest absolute Gasteiger partial charge is 0.390 e. The van der Waals surface area contributed by atoms with E-state index in [9.17, 15) is 15.0 Å². The number of halogens is 1. The number of aliphatic hydroxyl groups excluding tert-OH is 2. The van der Waals surface area contributed by atoms with E-state index < -0.39 is 24.2 Å². The van der Waals surface area contributed by atoms with Crippen LogP contribution in [-0.4, -0.2) is 85.5 Å².